The molecule has 39 heavy (non-hydrogen) atoms. The van der Waals surface area contributed by atoms with Crippen LogP contribution in [-0.2, 0) is 12.2 Å². The molecule has 0 saturated heterocycles. The van der Waals surface area contributed by atoms with E-state index < -0.39 is 45.3 Å². The molecule has 5 nitrogen and oxygen atoms in total. The third kappa shape index (κ3) is 5.92. The molecule has 1 heterocycles. The van der Waals surface area contributed by atoms with Crippen molar-refractivity contribution in [1.82, 2.24) is 14.7 Å². The lowest BCUT2D eigenvalue weighted by molar-refractivity contribution is -0.348. The predicted molar refractivity (Wildman–Crippen MR) is 132 cm³/mol. The van der Waals surface area contributed by atoms with Crippen molar-refractivity contribution >= 4 is 40.9 Å². The molecule has 0 aliphatic heterocycles. The molecule has 212 valence electrons. The van der Waals surface area contributed by atoms with Crippen LogP contribution in [0.3, 0.4) is 0 Å². The van der Waals surface area contributed by atoms with Crippen LogP contribution in [0.1, 0.15) is 31.9 Å². The second kappa shape index (κ2) is 10.4. The molecule has 1 amide bonds. The third-order valence-corrected chi connectivity index (χ3v) is 6.70. The van der Waals surface area contributed by atoms with E-state index in [9.17, 15) is 40.6 Å². The third-order valence-electron chi connectivity index (χ3n) is 5.76. The topological polar surface area (TPSA) is 58.4 Å². The van der Waals surface area contributed by atoms with Gasteiger partial charge in [-0.3, -0.25) is 4.90 Å². The first-order chi connectivity index (χ1) is 17.7. The fraction of sp³-hybridized carbons (Fsp3) is 0.333. The average molecular weight is 621 g/mol. The van der Waals surface area contributed by atoms with E-state index in [1.165, 1.54) is 23.4 Å². The summed E-state index contributed by atoms with van der Waals surface area (Å²) in [5.41, 5.74) is -7.23. The number of hydrogen-bond acceptors (Lipinski definition) is 2. The number of benzene rings is 2. The van der Waals surface area contributed by atoms with Gasteiger partial charge in [-0.1, -0.05) is 40.9 Å². The highest BCUT2D eigenvalue weighted by Gasteiger charge is 2.73. The zero-order chi connectivity index (χ0) is 29.7. The van der Waals surface area contributed by atoms with Crippen molar-refractivity contribution in [3.63, 3.8) is 0 Å². The molecule has 0 radical (unpaired) electrons. The first-order valence-electron chi connectivity index (χ1n) is 10.8. The van der Waals surface area contributed by atoms with Gasteiger partial charge in [0.15, 0.2) is 0 Å². The van der Waals surface area contributed by atoms with Crippen LogP contribution in [-0.4, -0.2) is 43.8 Å². The Morgan fingerprint density at radius 3 is 1.90 bits per heavy atom. The summed E-state index contributed by atoms with van der Waals surface area (Å²) in [7, 11) is 0. The van der Waals surface area contributed by atoms with Crippen LogP contribution in [0.2, 0.25) is 15.1 Å². The van der Waals surface area contributed by atoms with Crippen molar-refractivity contribution in [3.8, 4) is 16.8 Å². The number of nitrogens with zero attached hydrogens (tertiary/aromatic N) is 3. The minimum absolute atomic E-state index is 0.0534. The lowest BCUT2D eigenvalue weighted by atomic mass is 9.94. The van der Waals surface area contributed by atoms with E-state index in [-0.39, 0.29) is 29.4 Å². The maximum atomic E-state index is 14.5. The summed E-state index contributed by atoms with van der Waals surface area (Å²) < 4.78 is 94.5. The number of hydrogen-bond donors (Lipinski definition) is 1. The highest BCUT2D eigenvalue weighted by molar-refractivity contribution is 6.38. The Morgan fingerprint density at radius 1 is 0.897 bits per heavy atom. The van der Waals surface area contributed by atoms with Crippen LogP contribution in [0.15, 0.2) is 42.7 Å². The number of alkyl halides is 7. The Labute approximate surface area is 232 Å². The number of halogens is 10. The van der Waals surface area contributed by atoms with Crippen molar-refractivity contribution in [1.29, 1.82) is 0 Å². The highest BCUT2D eigenvalue weighted by Crippen LogP contribution is 2.54. The van der Waals surface area contributed by atoms with Gasteiger partial charge in [0.25, 0.3) is 0 Å². The van der Waals surface area contributed by atoms with Crippen molar-refractivity contribution < 1.29 is 40.6 Å². The van der Waals surface area contributed by atoms with Crippen LogP contribution in [0.4, 0.5) is 35.5 Å². The predicted octanol–water partition coefficient (Wildman–Crippen LogP) is 9.07. The number of carbonyl (C=O) groups is 1. The van der Waals surface area contributed by atoms with Crippen molar-refractivity contribution in [2.24, 2.45) is 0 Å². The van der Waals surface area contributed by atoms with E-state index in [0.717, 1.165) is 4.68 Å². The summed E-state index contributed by atoms with van der Waals surface area (Å²) >= 11 is 18.2. The number of aromatic nitrogens is 2. The van der Waals surface area contributed by atoms with Gasteiger partial charge in [0.2, 0.25) is 0 Å². The van der Waals surface area contributed by atoms with Gasteiger partial charge in [0, 0.05) is 27.9 Å². The van der Waals surface area contributed by atoms with E-state index in [0.29, 0.717) is 16.7 Å². The van der Waals surface area contributed by atoms with Crippen LogP contribution in [0, 0.1) is 0 Å². The van der Waals surface area contributed by atoms with Crippen LogP contribution < -0.4 is 0 Å². The Bertz CT molecular complexity index is 1360. The van der Waals surface area contributed by atoms with Crippen molar-refractivity contribution in [2.45, 2.75) is 50.9 Å². The maximum Gasteiger partial charge on any atom is 0.435 e. The smallest absolute Gasteiger partial charge is 0.435 e. The normalized spacial score (nSPS) is 13.1. The SMILES string of the molecule is CC(C)(C)N(Cc1cc(-c2cnn(-c3c(Cl)cc(C(F)(C(F)(F)F)C(F)(F)F)cc3Cl)c2)ccc1Cl)C(=O)O. The molecule has 0 bridgehead atoms. The average Bonchev–Trinajstić information content (AvgIpc) is 3.24. The molecule has 0 aliphatic rings. The second-order valence-corrected chi connectivity index (χ2v) is 10.7. The number of carboxylic acid groups (broad SMARTS) is 1. The standard InChI is InChI=1S/C24H19Cl3F7N3O2/c1-21(2,3)36(20(38)39)10-13-6-12(4-5-16(13)25)14-9-35-37(11-14)19-17(26)7-15(8-18(19)27)22(28,23(29,30)31)24(32,33)34/h4-9,11H,10H2,1-3H3,(H,38,39). The summed E-state index contributed by atoms with van der Waals surface area (Å²) in [6.45, 7) is 5.07. The lowest BCUT2D eigenvalue weighted by Gasteiger charge is -2.33. The zero-order valence-corrected chi connectivity index (χ0v) is 22.5. The number of rotatable bonds is 5. The monoisotopic (exact) mass is 619 g/mol. The summed E-state index contributed by atoms with van der Waals surface area (Å²) in [5, 5.41) is 12.5. The van der Waals surface area contributed by atoms with Gasteiger partial charge in [0.05, 0.1) is 22.8 Å². The molecule has 0 aliphatic carbocycles. The van der Waals surface area contributed by atoms with Crippen LogP contribution >= 0.6 is 34.8 Å². The van der Waals surface area contributed by atoms with Crippen LogP contribution in [0.25, 0.3) is 16.8 Å². The minimum atomic E-state index is -6.34. The fourth-order valence-corrected chi connectivity index (χ4v) is 4.54. The molecular weight excluding hydrogens is 602 g/mol. The molecule has 3 rings (SSSR count). The largest absolute Gasteiger partial charge is 0.465 e. The Hall–Kier alpha value is -2.70. The summed E-state index contributed by atoms with van der Waals surface area (Å²) in [4.78, 5) is 12.9. The molecule has 1 N–H and O–H groups in total. The summed E-state index contributed by atoms with van der Waals surface area (Å²) in [6, 6.07) is 5.10. The second-order valence-electron chi connectivity index (χ2n) is 9.46. The van der Waals surface area contributed by atoms with E-state index in [1.54, 1.807) is 32.9 Å². The van der Waals surface area contributed by atoms with E-state index in [4.69, 9.17) is 34.8 Å². The molecule has 0 unspecified atom stereocenters. The van der Waals surface area contributed by atoms with E-state index >= 15 is 0 Å². The Morgan fingerprint density at radius 2 is 1.44 bits per heavy atom. The Balaban J connectivity index is 2.04. The van der Waals surface area contributed by atoms with E-state index in [1.807, 2.05) is 0 Å². The molecule has 0 spiro atoms. The molecular formula is C24H19Cl3F7N3O2. The van der Waals surface area contributed by atoms with Gasteiger partial charge in [-0.2, -0.15) is 31.4 Å². The van der Waals surface area contributed by atoms with Crippen LogP contribution in [0.5, 0.6) is 0 Å². The quantitative estimate of drug-likeness (QED) is 0.290. The van der Waals surface area contributed by atoms with Crippen molar-refractivity contribution in [2.75, 3.05) is 0 Å². The summed E-state index contributed by atoms with van der Waals surface area (Å²) in [6.07, 6.45) is -11.2. The van der Waals surface area contributed by atoms with Gasteiger partial charge in [0.1, 0.15) is 5.69 Å². The molecule has 1 aromatic heterocycles. The summed E-state index contributed by atoms with van der Waals surface area (Å²) in [5.74, 6) is 0. The molecule has 0 fully saturated rings. The zero-order valence-electron chi connectivity index (χ0n) is 20.2. The minimum Gasteiger partial charge on any atom is -0.465 e. The molecule has 0 atom stereocenters. The fourth-order valence-electron chi connectivity index (χ4n) is 3.70. The maximum absolute atomic E-state index is 14.5. The first kappa shape index (κ1) is 30.8. The number of amides is 1. The Kier molecular flexibility index (Phi) is 8.20. The van der Waals surface area contributed by atoms with Gasteiger partial charge < -0.3 is 5.11 Å². The molecule has 2 aromatic carbocycles. The lowest BCUT2D eigenvalue weighted by Crippen LogP contribution is -2.50. The molecule has 0 saturated carbocycles. The van der Waals surface area contributed by atoms with Gasteiger partial charge in [-0.05, 0) is 56.2 Å². The van der Waals surface area contributed by atoms with Crippen molar-refractivity contribution in [3.05, 3.63) is 68.9 Å². The van der Waals surface area contributed by atoms with Gasteiger partial charge in [-0.15, -0.1) is 0 Å². The van der Waals surface area contributed by atoms with Gasteiger partial charge >= 0.3 is 24.1 Å². The highest BCUT2D eigenvalue weighted by atomic mass is 35.5. The van der Waals surface area contributed by atoms with E-state index in [2.05, 4.69) is 5.10 Å². The van der Waals surface area contributed by atoms with Gasteiger partial charge in [-0.25, -0.2) is 13.9 Å². The molecule has 15 heteroatoms. The first-order valence-corrected chi connectivity index (χ1v) is 12.0. The molecule has 3 aromatic rings.